The zero-order valence-electron chi connectivity index (χ0n) is 8.73. The van der Waals surface area contributed by atoms with Crippen LogP contribution in [0.15, 0.2) is 5.80 Å². The zero-order chi connectivity index (χ0) is 9.35. The van der Waals surface area contributed by atoms with Gasteiger partial charge in [-0.2, -0.15) is 0 Å². The van der Waals surface area contributed by atoms with Gasteiger partial charge in [-0.15, -0.1) is 8.19 Å². The van der Waals surface area contributed by atoms with Crippen molar-refractivity contribution in [3.8, 4) is 0 Å². The molecule has 0 aliphatic carbocycles. The smallest absolute Gasteiger partial charge is 0.107 e. The van der Waals surface area contributed by atoms with Crippen LogP contribution in [-0.2, 0) is 6.54 Å². The minimum absolute atomic E-state index is 0.936. The highest BCUT2D eigenvalue weighted by atomic mass is 31.0. The van der Waals surface area contributed by atoms with Gasteiger partial charge in [0.1, 0.15) is 6.54 Å². The van der Waals surface area contributed by atoms with E-state index >= 15 is 0 Å². The Hall–Kier alpha value is -0.260. The summed E-state index contributed by atoms with van der Waals surface area (Å²) >= 11 is 0. The molecule has 0 amide bonds. The second-order valence-electron chi connectivity index (χ2n) is 4.52. The standard InChI is InChI=1S/C10H19NP/c1-8-7-12-10(9(8)2)6-11(3,4)5/h7,12H,6H2,1-5H3/q+1. The van der Waals surface area contributed by atoms with Crippen LogP contribution in [0, 0.1) is 13.8 Å². The van der Waals surface area contributed by atoms with Gasteiger partial charge in [0, 0.05) is 5.30 Å². The molecule has 0 radical (unpaired) electrons. The van der Waals surface area contributed by atoms with Crippen LogP contribution in [0.4, 0.5) is 0 Å². The predicted octanol–water partition coefficient (Wildman–Crippen LogP) is 2.54. The third kappa shape index (κ3) is 2.36. The third-order valence-electron chi connectivity index (χ3n) is 2.14. The lowest BCUT2D eigenvalue weighted by Crippen LogP contribution is -2.33. The van der Waals surface area contributed by atoms with E-state index in [0.717, 1.165) is 12.7 Å². The first-order chi connectivity index (χ1) is 5.40. The summed E-state index contributed by atoms with van der Waals surface area (Å²) in [7, 11) is 7.68. The monoisotopic (exact) mass is 184 g/mol. The molecule has 1 unspecified atom stereocenters. The van der Waals surface area contributed by atoms with Crippen molar-refractivity contribution in [1.29, 1.82) is 0 Å². The summed E-state index contributed by atoms with van der Waals surface area (Å²) in [6.07, 6.45) is 0. The molecule has 0 N–H and O–H groups in total. The van der Waals surface area contributed by atoms with Crippen molar-refractivity contribution in [2.75, 3.05) is 21.1 Å². The normalized spacial score (nSPS) is 12.8. The topological polar surface area (TPSA) is 0 Å². The number of nitrogens with zero attached hydrogens (tertiary/aromatic N) is 1. The van der Waals surface area contributed by atoms with E-state index < -0.39 is 0 Å². The SMILES string of the molecule is Cc1c[pH]c(C[N+](C)(C)C)c1C. The number of hydrogen-bond acceptors (Lipinski definition) is 0. The summed E-state index contributed by atoms with van der Waals surface area (Å²) in [5.41, 5.74) is 3.01. The molecule has 1 aromatic heterocycles. The average Bonchev–Trinajstić information content (AvgIpc) is 2.16. The van der Waals surface area contributed by atoms with E-state index in [-0.39, 0.29) is 0 Å². The van der Waals surface area contributed by atoms with Crippen molar-refractivity contribution in [1.82, 2.24) is 0 Å². The van der Waals surface area contributed by atoms with E-state index in [0.29, 0.717) is 0 Å². The van der Waals surface area contributed by atoms with Crippen molar-refractivity contribution in [3.63, 3.8) is 0 Å². The molecule has 1 nitrogen and oxygen atoms in total. The number of aryl methyl sites for hydroxylation is 1. The largest absolute Gasteiger partial charge is 0.327 e. The maximum absolute atomic E-state index is 2.36. The van der Waals surface area contributed by atoms with Gasteiger partial charge in [0.15, 0.2) is 0 Å². The van der Waals surface area contributed by atoms with Gasteiger partial charge in [0.25, 0.3) is 0 Å². The Morgan fingerprint density at radius 2 is 1.83 bits per heavy atom. The van der Waals surface area contributed by atoms with Crippen LogP contribution >= 0.6 is 8.19 Å². The molecule has 0 aliphatic heterocycles. The van der Waals surface area contributed by atoms with Gasteiger partial charge in [-0.05, 0) is 30.8 Å². The van der Waals surface area contributed by atoms with Crippen LogP contribution in [0.1, 0.15) is 16.4 Å². The molecule has 2 heteroatoms. The van der Waals surface area contributed by atoms with Gasteiger partial charge in [-0.1, -0.05) is 0 Å². The second-order valence-corrected chi connectivity index (χ2v) is 5.70. The van der Waals surface area contributed by atoms with Crippen molar-refractivity contribution in [3.05, 3.63) is 22.2 Å². The second kappa shape index (κ2) is 3.24. The molecule has 0 bridgehead atoms. The average molecular weight is 184 g/mol. The fraction of sp³-hybridized carbons (Fsp3) is 0.600. The Balaban J connectivity index is 2.83. The summed E-state index contributed by atoms with van der Waals surface area (Å²) in [4.78, 5) is 0. The summed E-state index contributed by atoms with van der Waals surface area (Å²) in [6.45, 7) is 5.65. The first-order valence-corrected chi connectivity index (χ1v) is 5.42. The predicted molar refractivity (Wildman–Crippen MR) is 57.2 cm³/mol. The fourth-order valence-corrected chi connectivity index (χ4v) is 2.87. The zero-order valence-corrected chi connectivity index (χ0v) is 9.73. The molecule has 0 aromatic carbocycles. The summed E-state index contributed by atoms with van der Waals surface area (Å²) < 4.78 is 1.04. The molecule has 1 heterocycles. The summed E-state index contributed by atoms with van der Waals surface area (Å²) in [6, 6.07) is 0. The van der Waals surface area contributed by atoms with Gasteiger partial charge in [0.2, 0.25) is 0 Å². The maximum atomic E-state index is 2.36. The lowest BCUT2D eigenvalue weighted by molar-refractivity contribution is -0.883. The van der Waals surface area contributed by atoms with Crippen molar-refractivity contribution in [2.24, 2.45) is 0 Å². The highest BCUT2D eigenvalue weighted by Crippen LogP contribution is 2.27. The molecular formula is C10H19NP+. The van der Waals surface area contributed by atoms with Crippen LogP contribution < -0.4 is 0 Å². The highest BCUT2D eigenvalue weighted by Gasteiger charge is 2.11. The Bertz CT molecular complexity index is 268. The molecule has 68 valence electrons. The molecular weight excluding hydrogens is 165 g/mol. The van der Waals surface area contributed by atoms with Crippen LogP contribution in [0.3, 0.4) is 0 Å². The summed E-state index contributed by atoms with van der Waals surface area (Å²) in [5, 5.41) is 1.64. The first-order valence-electron chi connectivity index (χ1n) is 4.34. The number of quaternary nitrogens is 1. The molecule has 1 rings (SSSR count). The number of hydrogen-bond donors (Lipinski definition) is 0. The van der Waals surface area contributed by atoms with Crippen LogP contribution in [0.2, 0.25) is 0 Å². The Morgan fingerprint density at radius 3 is 2.17 bits per heavy atom. The Kier molecular flexibility index (Phi) is 2.65. The Morgan fingerprint density at radius 1 is 1.25 bits per heavy atom. The van der Waals surface area contributed by atoms with E-state index in [9.17, 15) is 0 Å². The highest BCUT2D eigenvalue weighted by molar-refractivity contribution is 7.30. The van der Waals surface area contributed by atoms with Crippen LogP contribution in [-0.4, -0.2) is 25.6 Å². The molecule has 0 fully saturated rings. The third-order valence-corrected chi connectivity index (χ3v) is 3.60. The molecule has 12 heavy (non-hydrogen) atoms. The minimum atomic E-state index is 0.936. The molecule has 0 saturated heterocycles. The van der Waals surface area contributed by atoms with Crippen molar-refractivity contribution in [2.45, 2.75) is 20.4 Å². The van der Waals surface area contributed by atoms with E-state index in [1.54, 1.807) is 5.30 Å². The summed E-state index contributed by atoms with van der Waals surface area (Å²) in [5.74, 6) is 2.36. The molecule has 0 saturated carbocycles. The maximum Gasteiger partial charge on any atom is 0.107 e. The van der Waals surface area contributed by atoms with Crippen molar-refractivity contribution < 1.29 is 4.48 Å². The Labute approximate surface area is 77.1 Å². The molecule has 1 aromatic rings. The van der Waals surface area contributed by atoms with E-state index in [1.165, 1.54) is 17.7 Å². The number of rotatable bonds is 2. The van der Waals surface area contributed by atoms with Gasteiger partial charge in [-0.25, -0.2) is 0 Å². The first kappa shape index (κ1) is 9.83. The van der Waals surface area contributed by atoms with Crippen LogP contribution in [0.25, 0.3) is 0 Å². The van der Waals surface area contributed by atoms with Gasteiger partial charge < -0.3 is 4.48 Å². The van der Waals surface area contributed by atoms with Gasteiger partial charge in [-0.3, -0.25) is 0 Å². The quantitative estimate of drug-likeness (QED) is 0.620. The fourth-order valence-electron chi connectivity index (χ4n) is 1.29. The molecule has 0 spiro atoms. The van der Waals surface area contributed by atoms with E-state index in [4.69, 9.17) is 0 Å². The minimum Gasteiger partial charge on any atom is -0.327 e. The van der Waals surface area contributed by atoms with E-state index in [1.807, 2.05) is 0 Å². The lowest BCUT2D eigenvalue weighted by atomic mass is 10.2. The molecule has 1 atom stereocenters. The van der Waals surface area contributed by atoms with E-state index in [2.05, 4.69) is 40.8 Å². The molecule has 0 aliphatic rings. The van der Waals surface area contributed by atoms with Crippen molar-refractivity contribution >= 4 is 8.19 Å². The lowest BCUT2D eigenvalue weighted by Gasteiger charge is -2.23. The van der Waals surface area contributed by atoms with Gasteiger partial charge >= 0.3 is 0 Å². The van der Waals surface area contributed by atoms with Gasteiger partial charge in [0.05, 0.1) is 21.1 Å². The van der Waals surface area contributed by atoms with Crippen LogP contribution in [0.5, 0.6) is 0 Å².